The minimum atomic E-state index is -1.37. The summed E-state index contributed by atoms with van der Waals surface area (Å²) in [5, 5.41) is 22.1. The summed E-state index contributed by atoms with van der Waals surface area (Å²) in [6.45, 7) is 0. The van der Waals surface area contributed by atoms with Crippen LogP contribution in [0.5, 0.6) is 0 Å². The fraction of sp³-hybridized carbons (Fsp3) is 0. The molecule has 0 aliphatic rings. The Morgan fingerprint density at radius 2 is 2.00 bits per heavy atom. The highest BCUT2D eigenvalue weighted by Gasteiger charge is 2.19. The zero-order valence-corrected chi connectivity index (χ0v) is 10.2. The van der Waals surface area contributed by atoms with Crippen molar-refractivity contribution >= 4 is 23.2 Å². The van der Waals surface area contributed by atoms with Gasteiger partial charge in [0.15, 0.2) is 11.6 Å². The molecule has 0 bridgehead atoms. The van der Waals surface area contributed by atoms with Gasteiger partial charge in [0, 0.05) is 24.0 Å². The van der Waals surface area contributed by atoms with E-state index in [0.717, 1.165) is 30.5 Å². The fourth-order valence-electron chi connectivity index (χ4n) is 1.52. The number of nitro groups is 1. The third-order valence-electron chi connectivity index (χ3n) is 2.49. The van der Waals surface area contributed by atoms with Gasteiger partial charge in [-0.1, -0.05) is 0 Å². The quantitative estimate of drug-likeness (QED) is 0.663. The third-order valence-corrected chi connectivity index (χ3v) is 2.49. The zero-order chi connectivity index (χ0) is 15.6. The van der Waals surface area contributed by atoms with Crippen LogP contribution >= 0.6 is 0 Å². The van der Waals surface area contributed by atoms with Crippen LogP contribution in [-0.4, -0.2) is 21.0 Å². The van der Waals surface area contributed by atoms with Crippen molar-refractivity contribution < 1.29 is 23.6 Å². The molecule has 1 heterocycles. The van der Waals surface area contributed by atoms with Gasteiger partial charge in [-0.3, -0.25) is 10.1 Å². The Hall–Kier alpha value is -3.10. The molecule has 0 aliphatic carbocycles. The number of carboxylic acids is 1. The Bertz CT molecular complexity index is 736. The Morgan fingerprint density at radius 3 is 2.57 bits per heavy atom. The largest absolute Gasteiger partial charge is 0.478 e. The molecule has 0 amide bonds. The number of anilines is 2. The maximum absolute atomic E-state index is 13.1. The topological polar surface area (TPSA) is 105 Å². The molecule has 1 aromatic heterocycles. The van der Waals surface area contributed by atoms with E-state index in [1.54, 1.807) is 0 Å². The van der Waals surface area contributed by atoms with Crippen LogP contribution in [0.15, 0.2) is 30.5 Å². The number of nitrogens with zero attached hydrogens (tertiary/aromatic N) is 2. The van der Waals surface area contributed by atoms with E-state index in [9.17, 15) is 23.7 Å². The third kappa shape index (κ3) is 3.08. The number of halogens is 2. The molecule has 2 aromatic rings. The number of aromatic nitrogens is 1. The van der Waals surface area contributed by atoms with Crippen LogP contribution in [0.25, 0.3) is 0 Å². The minimum Gasteiger partial charge on any atom is -0.478 e. The standard InChI is InChI=1S/C12H7F2N3O4/c13-8-2-1-7(4-9(8)14)16-11-10(17(20)21)3-6(5-15-11)12(18)19/h1-5H,(H,15,16)(H,18,19). The fourth-order valence-corrected chi connectivity index (χ4v) is 1.52. The van der Waals surface area contributed by atoms with E-state index in [1.807, 2.05) is 0 Å². The first-order valence-electron chi connectivity index (χ1n) is 5.48. The van der Waals surface area contributed by atoms with Gasteiger partial charge in [0.2, 0.25) is 5.82 Å². The van der Waals surface area contributed by atoms with E-state index in [2.05, 4.69) is 10.3 Å². The molecule has 2 rings (SSSR count). The number of hydrogen-bond donors (Lipinski definition) is 2. The molecular formula is C12H7F2N3O4. The molecule has 108 valence electrons. The lowest BCUT2D eigenvalue weighted by Gasteiger charge is -2.07. The molecule has 0 radical (unpaired) electrons. The van der Waals surface area contributed by atoms with E-state index in [1.165, 1.54) is 0 Å². The summed E-state index contributed by atoms with van der Waals surface area (Å²) in [6, 6.07) is 3.62. The summed E-state index contributed by atoms with van der Waals surface area (Å²) in [5.41, 5.74) is -0.926. The molecule has 7 nitrogen and oxygen atoms in total. The summed E-state index contributed by atoms with van der Waals surface area (Å²) < 4.78 is 25.9. The molecule has 1 aromatic carbocycles. The molecule has 0 saturated carbocycles. The van der Waals surface area contributed by atoms with Gasteiger partial charge < -0.3 is 10.4 Å². The molecule has 0 unspecified atom stereocenters. The number of nitrogens with one attached hydrogen (secondary N) is 1. The van der Waals surface area contributed by atoms with E-state index in [-0.39, 0.29) is 17.1 Å². The summed E-state index contributed by atoms with van der Waals surface area (Å²) in [6.07, 6.45) is 0.914. The van der Waals surface area contributed by atoms with Crippen LogP contribution in [0.2, 0.25) is 0 Å². The average molecular weight is 295 g/mol. The zero-order valence-electron chi connectivity index (χ0n) is 10.2. The van der Waals surface area contributed by atoms with Crippen LogP contribution in [0.4, 0.5) is 26.0 Å². The number of aromatic carboxylic acids is 1. The smallest absolute Gasteiger partial charge is 0.337 e. The lowest BCUT2D eigenvalue weighted by Crippen LogP contribution is -2.04. The van der Waals surface area contributed by atoms with Gasteiger partial charge in [0.05, 0.1) is 10.5 Å². The van der Waals surface area contributed by atoms with Crippen molar-refractivity contribution in [3.8, 4) is 0 Å². The van der Waals surface area contributed by atoms with Gasteiger partial charge >= 0.3 is 11.7 Å². The molecule has 9 heteroatoms. The SMILES string of the molecule is O=C(O)c1cnc(Nc2ccc(F)c(F)c2)c([N+](=O)[O-])c1. The second-order valence-corrected chi connectivity index (χ2v) is 3.91. The van der Waals surface area contributed by atoms with Gasteiger partial charge in [-0.05, 0) is 12.1 Å². The molecule has 0 aliphatic heterocycles. The van der Waals surface area contributed by atoms with Crippen LogP contribution < -0.4 is 5.32 Å². The Morgan fingerprint density at radius 1 is 1.29 bits per heavy atom. The molecular weight excluding hydrogens is 288 g/mol. The van der Waals surface area contributed by atoms with Crippen LogP contribution in [0, 0.1) is 21.7 Å². The predicted molar refractivity (Wildman–Crippen MR) is 67.5 cm³/mol. The number of hydrogen-bond acceptors (Lipinski definition) is 5. The lowest BCUT2D eigenvalue weighted by molar-refractivity contribution is -0.384. The van der Waals surface area contributed by atoms with E-state index in [0.29, 0.717) is 0 Å². The van der Waals surface area contributed by atoms with Crippen LogP contribution in [0.1, 0.15) is 10.4 Å². The van der Waals surface area contributed by atoms with Crippen molar-refractivity contribution in [1.82, 2.24) is 4.98 Å². The molecule has 0 atom stereocenters. The molecule has 2 N–H and O–H groups in total. The highest BCUT2D eigenvalue weighted by molar-refractivity contribution is 5.89. The Balaban J connectivity index is 2.41. The first-order chi connectivity index (χ1) is 9.88. The van der Waals surface area contributed by atoms with E-state index < -0.39 is 28.2 Å². The summed E-state index contributed by atoms with van der Waals surface area (Å²) in [5.74, 6) is -3.85. The number of benzene rings is 1. The highest BCUT2D eigenvalue weighted by atomic mass is 19.2. The van der Waals surface area contributed by atoms with Gasteiger partial charge in [-0.25, -0.2) is 18.6 Å². The predicted octanol–water partition coefficient (Wildman–Crippen LogP) is 2.71. The van der Waals surface area contributed by atoms with Gasteiger partial charge in [-0.2, -0.15) is 0 Å². The van der Waals surface area contributed by atoms with Gasteiger partial charge in [0.25, 0.3) is 0 Å². The maximum atomic E-state index is 13.1. The molecule has 0 fully saturated rings. The number of carbonyl (C=O) groups is 1. The van der Waals surface area contributed by atoms with Gasteiger partial charge in [-0.15, -0.1) is 0 Å². The van der Waals surface area contributed by atoms with Crippen molar-refractivity contribution in [3.05, 3.63) is 57.8 Å². The number of carboxylic acid groups (broad SMARTS) is 1. The lowest BCUT2D eigenvalue weighted by atomic mass is 10.2. The normalized spacial score (nSPS) is 10.2. The molecule has 0 saturated heterocycles. The molecule has 21 heavy (non-hydrogen) atoms. The second kappa shape index (κ2) is 5.49. The number of pyridine rings is 1. The summed E-state index contributed by atoms with van der Waals surface area (Å²) >= 11 is 0. The first-order valence-corrected chi connectivity index (χ1v) is 5.48. The maximum Gasteiger partial charge on any atom is 0.337 e. The first kappa shape index (κ1) is 14.3. The van der Waals surface area contributed by atoms with Crippen LogP contribution in [0.3, 0.4) is 0 Å². The van der Waals surface area contributed by atoms with Crippen molar-refractivity contribution in [1.29, 1.82) is 0 Å². The van der Waals surface area contributed by atoms with E-state index in [4.69, 9.17) is 5.11 Å². The van der Waals surface area contributed by atoms with Gasteiger partial charge in [0.1, 0.15) is 0 Å². The van der Waals surface area contributed by atoms with Crippen molar-refractivity contribution in [2.45, 2.75) is 0 Å². The monoisotopic (exact) mass is 295 g/mol. The summed E-state index contributed by atoms with van der Waals surface area (Å²) in [7, 11) is 0. The highest BCUT2D eigenvalue weighted by Crippen LogP contribution is 2.26. The minimum absolute atomic E-state index is 0.0348. The van der Waals surface area contributed by atoms with Crippen molar-refractivity contribution in [3.63, 3.8) is 0 Å². The molecule has 0 spiro atoms. The Labute approximate surface area is 116 Å². The summed E-state index contributed by atoms with van der Waals surface area (Å²) in [4.78, 5) is 24.4. The van der Waals surface area contributed by atoms with Crippen LogP contribution in [-0.2, 0) is 0 Å². The van der Waals surface area contributed by atoms with Crippen molar-refractivity contribution in [2.75, 3.05) is 5.32 Å². The average Bonchev–Trinajstić information content (AvgIpc) is 2.43. The number of rotatable bonds is 4. The second-order valence-electron chi connectivity index (χ2n) is 3.91. The Kier molecular flexibility index (Phi) is 3.74. The van der Waals surface area contributed by atoms with E-state index >= 15 is 0 Å². The van der Waals surface area contributed by atoms with Crippen molar-refractivity contribution in [2.24, 2.45) is 0 Å².